The maximum Gasteiger partial charge on any atom is 0.292 e. The normalized spacial score (nSPS) is 9.09. The Morgan fingerprint density at radius 3 is 2.73 bits per heavy atom. The summed E-state index contributed by atoms with van der Waals surface area (Å²) < 4.78 is 4.59. The molecule has 1 rings (SSSR count). The van der Waals surface area contributed by atoms with Crippen LogP contribution in [0.5, 0.6) is 0 Å². The van der Waals surface area contributed by atoms with Gasteiger partial charge in [0, 0.05) is 0 Å². The predicted octanol–water partition coefficient (Wildman–Crippen LogP) is -0.647. The van der Waals surface area contributed by atoms with E-state index in [1.54, 1.807) is 0 Å². The number of carbonyl (C=O) groups is 2. The van der Waals surface area contributed by atoms with Crippen molar-refractivity contribution in [1.29, 1.82) is 0 Å². The molecule has 0 aromatic carbocycles. The number of amides is 2. The van der Waals surface area contributed by atoms with Crippen LogP contribution in [0.25, 0.3) is 0 Å². The van der Waals surface area contributed by atoms with Crippen molar-refractivity contribution < 1.29 is 19.1 Å². The number of imide groups is 1. The summed E-state index contributed by atoms with van der Waals surface area (Å²) in [7, 11) is 0. The second kappa shape index (κ2) is 2.87. The smallest absolute Gasteiger partial charge is 0.292 e. The van der Waals surface area contributed by atoms with Crippen molar-refractivity contribution in [2.24, 2.45) is 0 Å². The van der Waals surface area contributed by atoms with Gasteiger partial charge in [0.15, 0.2) is 5.76 Å². The van der Waals surface area contributed by atoms with E-state index in [4.69, 9.17) is 0 Å². The fourth-order valence-electron chi connectivity index (χ4n) is 0.562. The number of carbonyl (C=O) groups excluding carboxylic acids is 2. The first-order chi connectivity index (χ1) is 5.20. The minimum absolute atomic E-state index is 0.0609. The van der Waals surface area contributed by atoms with Crippen molar-refractivity contribution in [2.75, 3.05) is 0 Å². The van der Waals surface area contributed by atoms with Crippen molar-refractivity contribution in [3.8, 4) is 0 Å². The predicted molar refractivity (Wildman–Crippen MR) is 31.6 cm³/mol. The van der Waals surface area contributed by atoms with Gasteiger partial charge in [-0.1, -0.05) is 0 Å². The van der Waals surface area contributed by atoms with Gasteiger partial charge in [-0.15, -0.1) is 0 Å². The van der Waals surface area contributed by atoms with E-state index in [-0.39, 0.29) is 5.76 Å². The number of hydrogen-bond donors (Lipinski definition) is 1. The van der Waals surface area contributed by atoms with Crippen LogP contribution in [-0.2, 0) is 0 Å². The van der Waals surface area contributed by atoms with Gasteiger partial charge in [-0.05, 0) is 12.1 Å². The van der Waals surface area contributed by atoms with Crippen LogP contribution in [0.1, 0.15) is 10.6 Å². The van der Waals surface area contributed by atoms with Crippen LogP contribution in [-0.4, -0.2) is 12.0 Å². The van der Waals surface area contributed by atoms with Gasteiger partial charge in [-0.2, -0.15) is 0 Å². The Balaban J connectivity index is 2.64. The molecule has 0 atom stereocenters. The molecule has 0 saturated carbocycles. The summed E-state index contributed by atoms with van der Waals surface area (Å²) in [5, 5.41) is 11.3. The Labute approximate surface area is 61.6 Å². The molecule has 1 N–H and O–H groups in total. The van der Waals surface area contributed by atoms with Gasteiger partial charge in [0.2, 0.25) is 0 Å². The Bertz CT molecular complexity index is 264. The first-order valence-electron chi connectivity index (χ1n) is 2.76. The van der Waals surface area contributed by atoms with Crippen LogP contribution in [0.2, 0.25) is 0 Å². The molecule has 0 aliphatic rings. The van der Waals surface area contributed by atoms with Crippen molar-refractivity contribution in [1.82, 2.24) is 5.32 Å². The van der Waals surface area contributed by atoms with Gasteiger partial charge in [0.25, 0.3) is 5.91 Å². The second-order valence-electron chi connectivity index (χ2n) is 1.72. The molecule has 1 aromatic rings. The molecule has 11 heavy (non-hydrogen) atoms. The average molecular weight is 154 g/mol. The average Bonchev–Trinajstić information content (AvgIpc) is 2.35. The highest BCUT2D eigenvalue weighted by atomic mass is 16.4. The molecule has 0 saturated heterocycles. The first kappa shape index (κ1) is 7.33. The molecular weight excluding hydrogens is 150 g/mol. The number of furan rings is 1. The van der Waals surface area contributed by atoms with Crippen LogP contribution in [0.4, 0.5) is 4.79 Å². The lowest BCUT2D eigenvalue weighted by Gasteiger charge is -2.00. The summed E-state index contributed by atoms with van der Waals surface area (Å²) in [6.45, 7) is 0. The number of rotatable bonds is 1. The summed E-state index contributed by atoms with van der Waals surface area (Å²) in [6, 6.07) is 2.82. The highest BCUT2D eigenvalue weighted by Crippen LogP contribution is 1.98. The van der Waals surface area contributed by atoms with Crippen LogP contribution in [0, 0.1) is 0 Å². The largest absolute Gasteiger partial charge is 0.530 e. The zero-order valence-electron chi connectivity index (χ0n) is 5.37. The fraction of sp³-hybridized carbons (Fsp3) is 0. The number of nitrogens with one attached hydrogen (secondary N) is 1. The second-order valence-corrected chi connectivity index (χ2v) is 1.72. The lowest BCUT2D eigenvalue weighted by molar-refractivity contribution is -0.249. The molecule has 1 heterocycles. The first-order valence-corrected chi connectivity index (χ1v) is 2.76. The summed E-state index contributed by atoms with van der Waals surface area (Å²) >= 11 is 0. The molecule has 2 amide bonds. The van der Waals surface area contributed by atoms with E-state index in [9.17, 15) is 14.7 Å². The maximum absolute atomic E-state index is 10.7. The van der Waals surface area contributed by atoms with Crippen molar-refractivity contribution in [3.63, 3.8) is 0 Å². The molecule has 0 aliphatic heterocycles. The van der Waals surface area contributed by atoms with Crippen molar-refractivity contribution in [3.05, 3.63) is 24.2 Å². The Hall–Kier alpha value is -1.78. The highest BCUT2D eigenvalue weighted by molar-refractivity contribution is 5.99. The van der Waals surface area contributed by atoms with Gasteiger partial charge >= 0.3 is 0 Å². The van der Waals surface area contributed by atoms with E-state index in [2.05, 4.69) is 4.42 Å². The fourth-order valence-corrected chi connectivity index (χ4v) is 0.562. The SMILES string of the molecule is O=C([O-])NC(=O)c1ccco1. The van der Waals surface area contributed by atoms with Gasteiger partial charge < -0.3 is 19.6 Å². The zero-order valence-corrected chi connectivity index (χ0v) is 5.37. The van der Waals surface area contributed by atoms with Crippen LogP contribution in [0.15, 0.2) is 22.8 Å². The molecule has 0 unspecified atom stereocenters. The van der Waals surface area contributed by atoms with Crippen molar-refractivity contribution >= 4 is 12.0 Å². The third kappa shape index (κ3) is 1.82. The Morgan fingerprint density at radius 1 is 1.55 bits per heavy atom. The van der Waals surface area contributed by atoms with Crippen LogP contribution in [0.3, 0.4) is 0 Å². The maximum atomic E-state index is 10.7. The van der Waals surface area contributed by atoms with Crippen molar-refractivity contribution in [2.45, 2.75) is 0 Å². The topological polar surface area (TPSA) is 82.4 Å². The molecule has 5 heteroatoms. The van der Waals surface area contributed by atoms with Gasteiger partial charge in [0.1, 0.15) is 6.09 Å². The highest BCUT2D eigenvalue weighted by Gasteiger charge is 2.06. The molecule has 0 aliphatic carbocycles. The van der Waals surface area contributed by atoms with Crippen LogP contribution >= 0.6 is 0 Å². The standard InChI is InChI=1S/C6H5NO4/c8-5(7-6(9)10)4-2-1-3-11-4/h1-3H,(H,7,8)(H,9,10)/p-1. The zero-order chi connectivity index (χ0) is 8.27. The molecule has 0 radical (unpaired) electrons. The summed E-state index contributed by atoms with van der Waals surface area (Å²) in [4.78, 5) is 20.5. The third-order valence-corrected chi connectivity index (χ3v) is 0.961. The van der Waals surface area contributed by atoms with Gasteiger partial charge in [0.05, 0.1) is 6.26 Å². The minimum Gasteiger partial charge on any atom is -0.530 e. The molecular formula is C6H4NO4-. The van der Waals surface area contributed by atoms with E-state index in [0.717, 1.165) is 0 Å². The number of hydrogen-bond acceptors (Lipinski definition) is 4. The minimum atomic E-state index is -1.65. The Morgan fingerprint density at radius 2 is 2.27 bits per heavy atom. The molecule has 1 aromatic heterocycles. The quantitative estimate of drug-likeness (QED) is 0.582. The van der Waals surface area contributed by atoms with E-state index in [1.807, 2.05) is 0 Å². The molecule has 0 spiro atoms. The monoisotopic (exact) mass is 154 g/mol. The molecule has 5 nitrogen and oxygen atoms in total. The van der Waals surface area contributed by atoms with E-state index in [1.165, 1.54) is 23.7 Å². The summed E-state index contributed by atoms with van der Waals surface area (Å²) in [6.07, 6.45) is -0.379. The van der Waals surface area contributed by atoms with Gasteiger partial charge in [-0.25, -0.2) is 0 Å². The lowest BCUT2D eigenvalue weighted by Crippen LogP contribution is -2.40. The lowest BCUT2D eigenvalue weighted by atomic mass is 10.4. The van der Waals surface area contributed by atoms with Crippen LogP contribution < -0.4 is 10.4 Å². The van der Waals surface area contributed by atoms with E-state index >= 15 is 0 Å². The Kier molecular flexibility index (Phi) is 1.91. The third-order valence-electron chi connectivity index (χ3n) is 0.961. The molecule has 0 fully saturated rings. The summed E-state index contributed by atoms with van der Waals surface area (Å²) in [5.41, 5.74) is 0. The van der Waals surface area contributed by atoms with E-state index in [0.29, 0.717) is 0 Å². The van der Waals surface area contributed by atoms with Gasteiger partial charge in [-0.3, -0.25) is 4.79 Å². The summed E-state index contributed by atoms with van der Waals surface area (Å²) in [5.74, 6) is -0.885. The van der Waals surface area contributed by atoms with E-state index < -0.39 is 12.0 Å². The molecule has 58 valence electrons. The molecule has 0 bridgehead atoms. The number of carboxylic acid groups (broad SMARTS) is 1.